The number of aromatic amines is 1. The molecule has 7 atom stereocenters. The van der Waals surface area contributed by atoms with Crippen LogP contribution in [0.2, 0.25) is 18.1 Å². The minimum Gasteiger partial charge on any atom is -0.408 e. The Morgan fingerprint density at radius 1 is 1.36 bits per heavy atom. The normalized spacial score (nSPS) is 25.3. The van der Waals surface area contributed by atoms with E-state index in [4.69, 9.17) is 25.5 Å². The van der Waals surface area contributed by atoms with Gasteiger partial charge in [0.05, 0.1) is 13.2 Å². The molecular weight excluding hydrogens is 575 g/mol. The van der Waals surface area contributed by atoms with Crippen molar-refractivity contribution in [1.82, 2.24) is 9.55 Å². The Bertz CT molecular complexity index is 1120. The van der Waals surface area contributed by atoms with Crippen molar-refractivity contribution in [3.63, 3.8) is 0 Å². The molecule has 13 heteroatoms. The van der Waals surface area contributed by atoms with Gasteiger partial charge in [0.2, 0.25) is 0 Å². The van der Waals surface area contributed by atoms with E-state index in [1.165, 1.54) is 23.6 Å². The Hall–Kier alpha value is -0.563. The van der Waals surface area contributed by atoms with E-state index in [0.29, 0.717) is 5.92 Å². The maximum absolute atomic E-state index is 12.5. The highest BCUT2D eigenvalue weighted by atomic mass is 32.9. The predicted molar refractivity (Wildman–Crippen MR) is 166 cm³/mol. The fraction of sp³-hybridized carbons (Fsp3) is 0.769. The smallest absolute Gasteiger partial charge is 0.330 e. The number of aromatic nitrogens is 2. The average Bonchev–Trinajstić information content (AvgIpc) is 3.11. The summed E-state index contributed by atoms with van der Waals surface area (Å²) in [4.78, 5) is 26.2. The first-order chi connectivity index (χ1) is 17.9. The number of H-pyrrole nitrogens is 1. The summed E-state index contributed by atoms with van der Waals surface area (Å²) in [5, 5.41) is 21.3. The lowest BCUT2D eigenvalue weighted by Gasteiger charge is -2.40. The zero-order valence-corrected chi connectivity index (χ0v) is 28.1. The number of ether oxygens (including phenoxy) is 1. The van der Waals surface area contributed by atoms with Gasteiger partial charge in [-0.15, -0.1) is 0 Å². The van der Waals surface area contributed by atoms with Gasteiger partial charge in [-0.2, -0.15) is 0 Å². The molecule has 0 aliphatic carbocycles. The van der Waals surface area contributed by atoms with E-state index in [2.05, 4.69) is 52.4 Å². The quantitative estimate of drug-likeness (QED) is 0.156. The zero-order valence-electron chi connectivity index (χ0n) is 24.5. The van der Waals surface area contributed by atoms with Crippen LogP contribution in [0, 0.1) is 5.92 Å². The van der Waals surface area contributed by atoms with E-state index in [9.17, 15) is 19.8 Å². The second kappa shape index (κ2) is 14.1. The van der Waals surface area contributed by atoms with Crippen molar-refractivity contribution < 1.29 is 23.9 Å². The molecule has 0 spiro atoms. The van der Waals surface area contributed by atoms with Crippen LogP contribution < -0.4 is 11.2 Å². The first kappa shape index (κ1) is 34.6. The molecule has 2 heterocycles. The summed E-state index contributed by atoms with van der Waals surface area (Å²) in [6.07, 6.45) is -1.49. The molecule has 0 radical (unpaired) electrons. The van der Waals surface area contributed by atoms with Crippen molar-refractivity contribution >= 4 is 37.6 Å². The molecule has 39 heavy (non-hydrogen) atoms. The third-order valence-corrected chi connectivity index (χ3v) is 17.2. The fourth-order valence-electron chi connectivity index (χ4n) is 4.20. The number of hydrogen-bond donors (Lipinski definition) is 3. The summed E-state index contributed by atoms with van der Waals surface area (Å²) in [7, 11) is -2.35. The molecule has 0 aromatic carbocycles. The van der Waals surface area contributed by atoms with E-state index in [1.807, 2.05) is 13.8 Å². The van der Waals surface area contributed by atoms with Crippen LogP contribution in [0.3, 0.4) is 0 Å². The number of allylic oxidation sites excluding steroid dienone is 1. The van der Waals surface area contributed by atoms with E-state index < -0.39 is 55.0 Å². The maximum atomic E-state index is 12.5. The minimum atomic E-state index is -2.35. The van der Waals surface area contributed by atoms with Gasteiger partial charge in [-0.3, -0.25) is 14.3 Å². The van der Waals surface area contributed by atoms with Crippen molar-refractivity contribution in [1.29, 1.82) is 0 Å². The van der Waals surface area contributed by atoms with Crippen LogP contribution in [0.4, 0.5) is 0 Å². The number of aliphatic hydroxyl groups excluding tert-OH is 2. The van der Waals surface area contributed by atoms with Gasteiger partial charge in [-0.25, -0.2) is 4.79 Å². The molecule has 0 amide bonds. The molecule has 1 saturated heterocycles. The summed E-state index contributed by atoms with van der Waals surface area (Å²) in [5.41, 5.74) is -0.0704. The molecule has 2 rings (SSSR count). The van der Waals surface area contributed by atoms with Crippen LogP contribution in [0.5, 0.6) is 0 Å². The lowest BCUT2D eigenvalue weighted by atomic mass is 9.90. The van der Waals surface area contributed by atoms with Crippen molar-refractivity contribution in [3.05, 3.63) is 45.3 Å². The Labute approximate surface area is 243 Å². The highest BCUT2D eigenvalue weighted by molar-refractivity contribution is 8.63. The van der Waals surface area contributed by atoms with Crippen LogP contribution in [-0.4, -0.2) is 64.4 Å². The van der Waals surface area contributed by atoms with Gasteiger partial charge in [0, 0.05) is 17.0 Å². The highest BCUT2D eigenvalue weighted by Gasteiger charge is 2.50. The Kier molecular flexibility index (Phi) is 12.5. The molecular formula is C26H47N2O7PS2Si. The van der Waals surface area contributed by atoms with Crippen LogP contribution in [-0.2, 0) is 25.5 Å². The second-order valence-electron chi connectivity index (χ2n) is 12.2. The Morgan fingerprint density at radius 2 is 2.00 bits per heavy atom. The van der Waals surface area contributed by atoms with Crippen LogP contribution in [0.15, 0.2) is 34.0 Å². The number of hydrogen-bond acceptors (Lipinski definition) is 9. The van der Waals surface area contributed by atoms with Gasteiger partial charge < -0.3 is 23.9 Å². The monoisotopic (exact) mass is 622 g/mol. The van der Waals surface area contributed by atoms with Gasteiger partial charge in [0.15, 0.2) is 14.5 Å². The molecule has 1 aliphatic heterocycles. The third kappa shape index (κ3) is 9.21. The number of aliphatic hydroxyl groups is 2. The van der Waals surface area contributed by atoms with Crippen molar-refractivity contribution in [2.75, 3.05) is 13.2 Å². The summed E-state index contributed by atoms with van der Waals surface area (Å²) >= 11 is 7.19. The summed E-state index contributed by atoms with van der Waals surface area (Å²) in [6.45, 7) is 20.8. The lowest BCUT2D eigenvalue weighted by Crippen LogP contribution is -2.50. The van der Waals surface area contributed by atoms with Crippen LogP contribution in [0.1, 0.15) is 67.0 Å². The van der Waals surface area contributed by atoms with Gasteiger partial charge in [0.25, 0.3) is 5.56 Å². The maximum Gasteiger partial charge on any atom is 0.330 e. The van der Waals surface area contributed by atoms with Gasteiger partial charge in [-0.1, -0.05) is 63.0 Å². The van der Waals surface area contributed by atoms with E-state index in [0.717, 1.165) is 29.4 Å². The van der Waals surface area contributed by atoms with Crippen LogP contribution in [0.25, 0.3) is 0 Å². The largest absolute Gasteiger partial charge is 0.408 e. The van der Waals surface area contributed by atoms with Gasteiger partial charge in [-0.05, 0) is 57.2 Å². The predicted octanol–water partition coefficient (Wildman–Crippen LogP) is 4.57. The molecule has 3 unspecified atom stereocenters. The fourth-order valence-corrected chi connectivity index (χ4v) is 10.7. The van der Waals surface area contributed by atoms with Crippen molar-refractivity contribution in [2.45, 2.75) is 108 Å². The third-order valence-electron chi connectivity index (χ3n) is 7.91. The van der Waals surface area contributed by atoms with Crippen LogP contribution >= 0.6 is 17.5 Å². The molecule has 224 valence electrons. The van der Waals surface area contributed by atoms with Crippen molar-refractivity contribution in [3.8, 4) is 0 Å². The number of nitrogens with zero attached hydrogens (tertiary/aromatic N) is 1. The highest BCUT2D eigenvalue weighted by Crippen LogP contribution is 2.51. The first-order valence-corrected chi connectivity index (χ1v) is 20.4. The molecule has 9 nitrogen and oxygen atoms in total. The van der Waals surface area contributed by atoms with Gasteiger partial charge in [0.1, 0.15) is 24.4 Å². The Balaban J connectivity index is 2.20. The van der Waals surface area contributed by atoms with E-state index in [1.54, 1.807) is 0 Å². The molecule has 0 bridgehead atoms. The van der Waals surface area contributed by atoms with E-state index in [-0.39, 0.29) is 18.3 Å². The van der Waals surface area contributed by atoms with Gasteiger partial charge >= 0.3 is 5.69 Å². The summed E-state index contributed by atoms with van der Waals surface area (Å²) in [6, 6.07) is 1.21. The lowest BCUT2D eigenvalue weighted by molar-refractivity contribution is -0.0498. The first-order valence-electron chi connectivity index (χ1n) is 13.4. The van der Waals surface area contributed by atoms with E-state index >= 15 is 0 Å². The number of rotatable bonds is 14. The molecule has 1 aromatic heterocycles. The number of nitrogens with one attached hydrogen (secondary N) is 1. The van der Waals surface area contributed by atoms with Crippen molar-refractivity contribution in [2.24, 2.45) is 5.92 Å². The molecule has 1 aromatic rings. The molecule has 0 saturated carbocycles. The SMILES string of the molecule is C=C(C)[C@H](CC)CCC(C)(CO)S[PH](=S)OC[C@H]1O[C@@H](n2ccc(=O)[nH]c2=O)[C@H](O)C1O[Si](C)(C)C(C)(C)C. The molecule has 1 fully saturated rings. The molecule has 3 N–H and O–H groups in total. The summed E-state index contributed by atoms with van der Waals surface area (Å²) < 4.78 is 19.6. The zero-order chi connectivity index (χ0) is 29.8. The topological polar surface area (TPSA) is 123 Å². The minimum absolute atomic E-state index is 0.0224. The average molecular weight is 623 g/mol. The summed E-state index contributed by atoms with van der Waals surface area (Å²) in [5.74, 6) is 0.396. The standard InChI is InChI=1S/C26H47N2O7PS2Si/c1-10-18(17(2)3)11-13-26(7,16-29)38-36(37)33-15-19-22(35-39(8,9)25(4,5)6)21(31)23(34-19)28-14-12-20(30)27-24(28)32/h12,14,18-19,21-23,29,31,36H,2,10-11,13,15-16H2,1,3-9H3,(H,27,30,32)/t18-,19-,21-,22?,23-,26?/m1/s1. The molecule has 1 aliphatic rings. The second-order valence-corrected chi connectivity index (χ2v) is 22.5. The Morgan fingerprint density at radius 3 is 2.51 bits per heavy atom.